The monoisotopic (exact) mass is 361 g/mol. The number of hydrogen-bond acceptors (Lipinski definition) is 4. The molecule has 1 saturated carbocycles. The average Bonchev–Trinajstić information content (AvgIpc) is 2.80. The van der Waals surface area contributed by atoms with E-state index in [9.17, 15) is 14.7 Å². The summed E-state index contributed by atoms with van der Waals surface area (Å²) >= 11 is 0. The third-order valence-corrected chi connectivity index (χ3v) is 6.19. The smallest absolute Gasteiger partial charge is 0.450 e. The molecule has 1 amide bonds. The zero-order valence-electron chi connectivity index (χ0n) is 15.8. The number of aryl methyl sites for hydroxylation is 2. The molecule has 1 aromatic carbocycles. The van der Waals surface area contributed by atoms with E-state index in [0.29, 0.717) is 12.8 Å². The molecule has 2 aliphatic rings. The highest BCUT2D eigenvalue weighted by atomic mass is 16.7. The van der Waals surface area contributed by atoms with Gasteiger partial charge in [0.1, 0.15) is 11.5 Å². The fourth-order valence-corrected chi connectivity index (χ4v) is 4.71. The summed E-state index contributed by atoms with van der Waals surface area (Å²) in [7, 11) is 1.68. The van der Waals surface area contributed by atoms with E-state index in [4.69, 9.17) is 9.47 Å². The van der Waals surface area contributed by atoms with Crippen molar-refractivity contribution >= 4 is 12.1 Å². The third kappa shape index (κ3) is 2.86. The first kappa shape index (κ1) is 18.7. The summed E-state index contributed by atoms with van der Waals surface area (Å²) in [5, 5.41) is 12.5. The van der Waals surface area contributed by atoms with Crippen LogP contribution in [0, 0.1) is 13.8 Å². The number of amides is 1. The maximum absolute atomic E-state index is 13.2. The number of ether oxygens (including phenoxy) is 2. The number of carboxylic acid groups (broad SMARTS) is 1. The van der Waals surface area contributed by atoms with Gasteiger partial charge in [-0.15, -0.1) is 0 Å². The summed E-state index contributed by atoms with van der Waals surface area (Å²) in [6.07, 6.45) is 0.800. The summed E-state index contributed by atoms with van der Waals surface area (Å²) in [5.41, 5.74) is 1.06. The SMILES string of the molecule is COC1CCC2(CC1)NC(=O)C(C)(c1cc(C)ccc1C)C2OC(=O)O. The van der Waals surface area contributed by atoms with Crippen LogP contribution >= 0.6 is 0 Å². The lowest BCUT2D eigenvalue weighted by atomic mass is 9.67. The second-order valence-electron chi connectivity index (χ2n) is 7.83. The van der Waals surface area contributed by atoms with E-state index in [0.717, 1.165) is 29.5 Å². The van der Waals surface area contributed by atoms with Crippen molar-refractivity contribution in [3.05, 3.63) is 34.9 Å². The Bertz CT molecular complexity index is 723. The number of rotatable bonds is 3. The van der Waals surface area contributed by atoms with E-state index < -0.39 is 23.2 Å². The highest BCUT2D eigenvalue weighted by Gasteiger charge is 2.64. The van der Waals surface area contributed by atoms with Crippen LogP contribution in [0.1, 0.15) is 49.3 Å². The van der Waals surface area contributed by atoms with Crippen LogP contribution in [0.15, 0.2) is 18.2 Å². The summed E-state index contributed by atoms with van der Waals surface area (Å²) in [6, 6.07) is 5.92. The van der Waals surface area contributed by atoms with Gasteiger partial charge in [0.25, 0.3) is 0 Å². The van der Waals surface area contributed by atoms with Crippen LogP contribution in [0.3, 0.4) is 0 Å². The van der Waals surface area contributed by atoms with Crippen LogP contribution in [-0.2, 0) is 19.7 Å². The zero-order chi connectivity index (χ0) is 19.1. The molecule has 0 bridgehead atoms. The molecule has 142 valence electrons. The van der Waals surface area contributed by atoms with Crippen LogP contribution in [-0.4, -0.2) is 42.0 Å². The predicted octanol–water partition coefficient (Wildman–Crippen LogP) is 3.08. The molecule has 26 heavy (non-hydrogen) atoms. The molecule has 3 rings (SSSR count). The van der Waals surface area contributed by atoms with Crippen LogP contribution in [0.25, 0.3) is 0 Å². The molecule has 1 saturated heterocycles. The predicted molar refractivity (Wildman–Crippen MR) is 96.3 cm³/mol. The van der Waals surface area contributed by atoms with Gasteiger partial charge in [0.15, 0.2) is 0 Å². The third-order valence-electron chi connectivity index (χ3n) is 6.19. The second kappa shape index (κ2) is 6.58. The number of hydrogen-bond donors (Lipinski definition) is 2. The van der Waals surface area contributed by atoms with E-state index in [2.05, 4.69) is 5.32 Å². The lowest BCUT2D eigenvalue weighted by Gasteiger charge is -2.42. The Hall–Kier alpha value is -2.08. The number of nitrogens with one attached hydrogen (secondary N) is 1. The molecule has 0 aromatic heterocycles. The van der Waals surface area contributed by atoms with Crippen LogP contribution in [0.4, 0.5) is 4.79 Å². The van der Waals surface area contributed by atoms with Gasteiger partial charge in [0.2, 0.25) is 5.91 Å². The molecule has 2 fully saturated rings. The van der Waals surface area contributed by atoms with E-state index in [1.54, 1.807) is 14.0 Å². The minimum absolute atomic E-state index is 0.135. The maximum atomic E-state index is 13.2. The van der Waals surface area contributed by atoms with E-state index in [1.807, 2.05) is 32.0 Å². The van der Waals surface area contributed by atoms with Crippen LogP contribution in [0.2, 0.25) is 0 Å². The lowest BCUT2D eigenvalue weighted by Crippen LogP contribution is -2.55. The molecule has 1 aromatic rings. The lowest BCUT2D eigenvalue weighted by molar-refractivity contribution is -0.125. The van der Waals surface area contributed by atoms with Crippen molar-refractivity contribution in [2.45, 2.75) is 69.6 Å². The highest BCUT2D eigenvalue weighted by molar-refractivity contribution is 5.93. The first-order chi connectivity index (χ1) is 12.2. The van der Waals surface area contributed by atoms with E-state index in [-0.39, 0.29) is 12.0 Å². The number of methoxy groups -OCH3 is 1. The van der Waals surface area contributed by atoms with Gasteiger partial charge in [-0.3, -0.25) is 4.79 Å². The first-order valence-corrected chi connectivity index (χ1v) is 9.05. The maximum Gasteiger partial charge on any atom is 0.506 e. The number of carbonyl (C=O) groups excluding carboxylic acids is 1. The normalized spacial score (nSPS) is 33.9. The van der Waals surface area contributed by atoms with E-state index >= 15 is 0 Å². The Kier molecular flexibility index (Phi) is 4.73. The van der Waals surface area contributed by atoms with Gasteiger partial charge in [0, 0.05) is 7.11 Å². The summed E-state index contributed by atoms with van der Waals surface area (Å²) in [6.45, 7) is 5.71. The van der Waals surface area contributed by atoms with Crippen molar-refractivity contribution in [1.82, 2.24) is 5.32 Å². The summed E-state index contributed by atoms with van der Waals surface area (Å²) in [4.78, 5) is 24.7. The van der Waals surface area contributed by atoms with Crippen molar-refractivity contribution in [3.63, 3.8) is 0 Å². The molecule has 0 radical (unpaired) electrons. The summed E-state index contributed by atoms with van der Waals surface area (Å²) < 4.78 is 10.8. The average molecular weight is 361 g/mol. The van der Waals surface area contributed by atoms with Gasteiger partial charge in [-0.2, -0.15) is 0 Å². The fraction of sp³-hybridized carbons (Fsp3) is 0.600. The topological polar surface area (TPSA) is 84.9 Å². The molecule has 6 heteroatoms. The van der Waals surface area contributed by atoms with Gasteiger partial charge < -0.3 is 19.9 Å². The quantitative estimate of drug-likeness (QED) is 0.808. The highest BCUT2D eigenvalue weighted by Crippen LogP contribution is 2.48. The van der Waals surface area contributed by atoms with Gasteiger partial charge in [0.05, 0.1) is 11.6 Å². The standard InChI is InChI=1S/C20H27NO5/c1-12-5-6-13(2)15(11-12)19(3)16(26-18(23)24)20(21-17(19)22)9-7-14(25-4)8-10-20/h5-6,11,14,16H,7-10H2,1-4H3,(H,21,22)(H,23,24). The Morgan fingerprint density at radius 2 is 1.92 bits per heavy atom. The Morgan fingerprint density at radius 3 is 2.50 bits per heavy atom. The molecule has 1 aliphatic heterocycles. The molecule has 2 atom stereocenters. The number of carbonyl (C=O) groups is 2. The largest absolute Gasteiger partial charge is 0.506 e. The van der Waals surface area contributed by atoms with Crippen molar-refractivity contribution in [2.24, 2.45) is 0 Å². The Balaban J connectivity index is 2.08. The Morgan fingerprint density at radius 1 is 1.27 bits per heavy atom. The Labute approximate surface area is 153 Å². The summed E-state index contributed by atoms with van der Waals surface area (Å²) in [5.74, 6) is -0.173. The minimum Gasteiger partial charge on any atom is -0.450 e. The molecular weight excluding hydrogens is 334 g/mol. The van der Waals surface area contributed by atoms with Gasteiger partial charge in [-0.25, -0.2) is 4.79 Å². The molecule has 6 nitrogen and oxygen atoms in total. The first-order valence-electron chi connectivity index (χ1n) is 9.05. The zero-order valence-corrected chi connectivity index (χ0v) is 15.8. The van der Waals surface area contributed by atoms with Crippen LogP contribution < -0.4 is 5.32 Å². The van der Waals surface area contributed by atoms with Gasteiger partial charge >= 0.3 is 6.16 Å². The van der Waals surface area contributed by atoms with Crippen molar-refractivity contribution in [1.29, 1.82) is 0 Å². The van der Waals surface area contributed by atoms with Crippen molar-refractivity contribution in [3.8, 4) is 0 Å². The number of benzene rings is 1. The van der Waals surface area contributed by atoms with Crippen LogP contribution in [0.5, 0.6) is 0 Å². The minimum atomic E-state index is -1.35. The van der Waals surface area contributed by atoms with Gasteiger partial charge in [-0.1, -0.05) is 23.8 Å². The molecular formula is C20H27NO5. The van der Waals surface area contributed by atoms with Crippen molar-refractivity contribution in [2.75, 3.05) is 7.11 Å². The fourth-order valence-electron chi connectivity index (χ4n) is 4.71. The van der Waals surface area contributed by atoms with E-state index in [1.165, 1.54) is 0 Å². The molecule has 1 aliphatic carbocycles. The molecule has 1 spiro atoms. The molecule has 2 unspecified atom stereocenters. The second-order valence-corrected chi connectivity index (χ2v) is 7.83. The van der Waals surface area contributed by atoms with Gasteiger partial charge in [-0.05, 0) is 57.6 Å². The molecule has 2 N–H and O–H groups in total. The molecule has 1 heterocycles. The van der Waals surface area contributed by atoms with Crippen molar-refractivity contribution < 1.29 is 24.2 Å².